The number of hydrogen-bond donors (Lipinski definition) is 1. The molecular weight excluding hydrogens is 572 g/mol. The zero-order valence-corrected chi connectivity index (χ0v) is 23.8. The van der Waals surface area contributed by atoms with E-state index in [9.17, 15) is 15.2 Å². The van der Waals surface area contributed by atoms with Gasteiger partial charge in [-0.2, -0.15) is 5.26 Å². The van der Waals surface area contributed by atoms with E-state index in [4.69, 9.17) is 30.6 Å². The van der Waals surface area contributed by atoms with Crippen LogP contribution in [0.2, 0.25) is 5.02 Å². The van der Waals surface area contributed by atoms with E-state index in [1.165, 1.54) is 0 Å². The first-order chi connectivity index (χ1) is 20.9. The second-order valence-corrected chi connectivity index (χ2v) is 10.7. The predicted molar refractivity (Wildman–Crippen MR) is 156 cm³/mol. The number of carboxylic acid groups (broad SMARTS) is 1. The van der Waals surface area contributed by atoms with Crippen LogP contribution in [0, 0.1) is 11.3 Å². The molecule has 1 aliphatic rings. The molecule has 218 valence electrons. The van der Waals surface area contributed by atoms with Crippen LogP contribution in [0.3, 0.4) is 0 Å². The number of likely N-dealkylation sites (tertiary alicyclic amines) is 1. The summed E-state index contributed by atoms with van der Waals surface area (Å²) >= 11 is 5.97. The number of benzene rings is 2. The molecule has 43 heavy (non-hydrogen) atoms. The van der Waals surface area contributed by atoms with Crippen LogP contribution in [0.1, 0.15) is 46.0 Å². The number of piperidine rings is 1. The number of halogens is 1. The summed E-state index contributed by atoms with van der Waals surface area (Å²) in [5, 5.41) is 23.1. The standard InChI is InChI=1S/C31H27ClN6O5/c32-22-2-4-29(21(13-22)16-33)41-19-23-15-25(5-9-34-23)42-24-7-11-37(12-8-24)18-30-36-27-3-1-20(31(39)40)14-28(27)38(30)17-26-6-10-35-43-26/h1-6,9-10,13-15,24H,7-8,11-12,17-19H2,(H,39,40). The number of pyridine rings is 1. The molecule has 0 radical (unpaired) electrons. The lowest BCUT2D eigenvalue weighted by Gasteiger charge is -2.32. The third-order valence-electron chi connectivity index (χ3n) is 7.31. The van der Waals surface area contributed by atoms with Gasteiger partial charge in [0.25, 0.3) is 0 Å². The Labute approximate surface area is 251 Å². The Hall–Kier alpha value is -4.92. The molecule has 1 aliphatic heterocycles. The number of fused-ring (bicyclic) bond motifs is 1. The normalized spacial score (nSPS) is 14.0. The van der Waals surface area contributed by atoms with Gasteiger partial charge in [0, 0.05) is 36.4 Å². The molecule has 0 aliphatic carbocycles. The second-order valence-electron chi connectivity index (χ2n) is 10.2. The molecule has 1 saturated heterocycles. The van der Waals surface area contributed by atoms with Gasteiger partial charge < -0.3 is 23.7 Å². The van der Waals surface area contributed by atoms with Gasteiger partial charge >= 0.3 is 5.97 Å². The molecule has 3 aromatic heterocycles. The molecule has 5 aromatic rings. The third-order valence-corrected chi connectivity index (χ3v) is 7.54. The lowest BCUT2D eigenvalue weighted by molar-refractivity contribution is 0.0697. The van der Waals surface area contributed by atoms with Gasteiger partial charge in [0.05, 0.1) is 47.1 Å². The summed E-state index contributed by atoms with van der Waals surface area (Å²) in [7, 11) is 0. The van der Waals surface area contributed by atoms with Gasteiger partial charge in [-0.3, -0.25) is 9.88 Å². The van der Waals surface area contributed by atoms with Crippen LogP contribution in [-0.4, -0.2) is 54.9 Å². The van der Waals surface area contributed by atoms with Crippen molar-refractivity contribution in [2.45, 2.75) is 38.6 Å². The van der Waals surface area contributed by atoms with Crippen LogP contribution in [0.25, 0.3) is 11.0 Å². The lowest BCUT2D eigenvalue weighted by Crippen LogP contribution is -2.38. The highest BCUT2D eigenvalue weighted by Crippen LogP contribution is 2.26. The van der Waals surface area contributed by atoms with Crippen molar-refractivity contribution in [3.05, 3.63) is 100 Å². The van der Waals surface area contributed by atoms with Gasteiger partial charge in [0.1, 0.15) is 36.1 Å². The highest BCUT2D eigenvalue weighted by atomic mass is 35.5. The van der Waals surface area contributed by atoms with Crippen LogP contribution >= 0.6 is 11.6 Å². The zero-order chi connectivity index (χ0) is 29.8. The van der Waals surface area contributed by atoms with Gasteiger partial charge in [-0.25, -0.2) is 9.78 Å². The van der Waals surface area contributed by atoms with Crippen molar-refractivity contribution < 1.29 is 23.9 Å². The minimum absolute atomic E-state index is 0.0417. The lowest BCUT2D eigenvalue weighted by atomic mass is 10.1. The molecule has 0 spiro atoms. The summed E-state index contributed by atoms with van der Waals surface area (Å²) in [4.78, 5) is 23.1. The average molecular weight is 599 g/mol. The van der Waals surface area contributed by atoms with E-state index >= 15 is 0 Å². The number of aromatic nitrogens is 4. The van der Waals surface area contributed by atoms with Crippen LogP contribution in [0.5, 0.6) is 11.5 Å². The molecule has 0 saturated carbocycles. The van der Waals surface area contributed by atoms with Gasteiger partial charge in [0.15, 0.2) is 5.76 Å². The van der Waals surface area contributed by atoms with E-state index in [0.717, 1.165) is 42.8 Å². The highest BCUT2D eigenvalue weighted by Gasteiger charge is 2.23. The predicted octanol–water partition coefficient (Wildman–Crippen LogP) is 5.31. The second kappa shape index (κ2) is 12.5. The number of carboxylic acids is 1. The number of rotatable bonds is 10. The van der Waals surface area contributed by atoms with Crippen molar-refractivity contribution in [3.63, 3.8) is 0 Å². The smallest absolute Gasteiger partial charge is 0.335 e. The largest absolute Gasteiger partial charge is 0.490 e. The Morgan fingerprint density at radius 1 is 1.09 bits per heavy atom. The fraction of sp³-hybridized carbons (Fsp3) is 0.258. The van der Waals surface area contributed by atoms with E-state index in [1.54, 1.807) is 54.9 Å². The molecule has 1 fully saturated rings. The Morgan fingerprint density at radius 3 is 2.72 bits per heavy atom. The third kappa shape index (κ3) is 6.61. The van der Waals surface area contributed by atoms with E-state index in [0.29, 0.717) is 46.6 Å². The summed E-state index contributed by atoms with van der Waals surface area (Å²) in [6.07, 6.45) is 4.97. The SMILES string of the molecule is N#Cc1cc(Cl)ccc1OCc1cc(OC2CCN(Cc3nc4ccc(C(=O)O)cc4n3Cc3ccno3)CC2)ccn1. The zero-order valence-electron chi connectivity index (χ0n) is 23.0. The van der Waals surface area contributed by atoms with Crippen LogP contribution in [-0.2, 0) is 19.7 Å². The van der Waals surface area contributed by atoms with E-state index in [-0.39, 0.29) is 18.3 Å². The molecule has 0 atom stereocenters. The van der Waals surface area contributed by atoms with E-state index in [1.807, 2.05) is 16.7 Å². The number of carbonyl (C=O) groups is 1. The molecule has 12 heteroatoms. The Morgan fingerprint density at radius 2 is 1.95 bits per heavy atom. The fourth-order valence-corrected chi connectivity index (χ4v) is 5.31. The van der Waals surface area contributed by atoms with Gasteiger partial charge in [0.2, 0.25) is 0 Å². The fourth-order valence-electron chi connectivity index (χ4n) is 5.14. The number of aromatic carboxylic acids is 1. The minimum atomic E-state index is -0.985. The first kappa shape index (κ1) is 28.2. The maximum absolute atomic E-state index is 11.6. The number of ether oxygens (including phenoxy) is 2. The summed E-state index contributed by atoms with van der Waals surface area (Å²) in [6.45, 7) is 2.81. The van der Waals surface area contributed by atoms with Crippen LogP contribution < -0.4 is 9.47 Å². The molecule has 0 amide bonds. The number of nitriles is 1. The first-order valence-electron chi connectivity index (χ1n) is 13.7. The van der Waals surface area contributed by atoms with Crippen LogP contribution in [0.4, 0.5) is 0 Å². The summed E-state index contributed by atoms with van der Waals surface area (Å²) in [6, 6.07) is 17.4. The number of hydrogen-bond acceptors (Lipinski definition) is 9. The highest BCUT2D eigenvalue weighted by molar-refractivity contribution is 6.30. The number of imidazole rings is 1. The topological polar surface area (TPSA) is 140 Å². The molecule has 4 heterocycles. The van der Waals surface area contributed by atoms with Crippen LogP contribution in [0.15, 0.2) is 71.5 Å². The van der Waals surface area contributed by atoms with Crippen molar-refractivity contribution in [3.8, 4) is 17.6 Å². The van der Waals surface area contributed by atoms with E-state index < -0.39 is 5.97 Å². The van der Waals surface area contributed by atoms with Gasteiger partial charge in [-0.05, 0) is 55.3 Å². The Kier molecular flexibility index (Phi) is 8.22. The van der Waals surface area contributed by atoms with Crippen molar-refractivity contribution in [2.24, 2.45) is 0 Å². The average Bonchev–Trinajstić information content (AvgIpc) is 3.65. The molecule has 0 unspecified atom stereocenters. The minimum Gasteiger partial charge on any atom is -0.490 e. The van der Waals surface area contributed by atoms with Gasteiger partial charge in [-0.1, -0.05) is 16.8 Å². The molecule has 11 nitrogen and oxygen atoms in total. The molecule has 1 N–H and O–H groups in total. The van der Waals surface area contributed by atoms with Gasteiger partial charge in [-0.15, -0.1) is 0 Å². The van der Waals surface area contributed by atoms with E-state index in [2.05, 4.69) is 21.1 Å². The first-order valence-corrected chi connectivity index (χ1v) is 14.1. The molecular formula is C31H27ClN6O5. The summed E-state index contributed by atoms with van der Waals surface area (Å²) in [5.74, 6) is 1.67. The maximum Gasteiger partial charge on any atom is 0.335 e. The van der Waals surface area contributed by atoms with Crippen molar-refractivity contribution in [1.82, 2.24) is 24.6 Å². The molecule has 6 rings (SSSR count). The number of nitrogens with zero attached hydrogens (tertiary/aromatic N) is 6. The molecule has 2 aromatic carbocycles. The monoisotopic (exact) mass is 598 g/mol. The van der Waals surface area contributed by atoms with Crippen molar-refractivity contribution >= 4 is 28.6 Å². The Balaban J connectivity index is 1.08. The van der Waals surface area contributed by atoms with Crippen molar-refractivity contribution in [1.29, 1.82) is 5.26 Å². The summed E-state index contributed by atoms with van der Waals surface area (Å²) in [5.41, 5.74) is 2.73. The Bertz CT molecular complexity index is 1790. The maximum atomic E-state index is 11.6. The summed E-state index contributed by atoms with van der Waals surface area (Å²) < 4.78 is 19.4. The quantitative estimate of drug-likeness (QED) is 0.225. The molecule has 0 bridgehead atoms. The van der Waals surface area contributed by atoms with Crippen molar-refractivity contribution in [2.75, 3.05) is 13.1 Å².